The Kier molecular flexibility index (Phi) is 5.51. The zero-order chi connectivity index (χ0) is 20.4. The van der Waals surface area contributed by atoms with Crippen molar-refractivity contribution in [3.8, 4) is 0 Å². The second-order valence-electron chi connectivity index (χ2n) is 7.68. The Balaban J connectivity index is 1.39. The molecule has 2 aliphatic heterocycles. The van der Waals surface area contributed by atoms with Crippen LogP contribution in [0.15, 0.2) is 24.3 Å². The van der Waals surface area contributed by atoms with Crippen molar-refractivity contribution in [2.24, 2.45) is 0 Å². The molecule has 2 aliphatic rings. The molecule has 1 aromatic carbocycles. The number of nitrogens with one attached hydrogen (secondary N) is 1. The molecule has 0 unspecified atom stereocenters. The minimum atomic E-state index is -0.321. The van der Waals surface area contributed by atoms with Gasteiger partial charge in [0.05, 0.1) is 0 Å². The van der Waals surface area contributed by atoms with Crippen LogP contribution in [0.4, 0.5) is 26.6 Å². The first-order valence-corrected chi connectivity index (χ1v) is 10.2. The number of halogens is 1. The molecule has 1 N–H and O–H groups in total. The number of aryl methyl sites for hydroxylation is 1. The number of hydrogen-bond acceptors (Lipinski definition) is 5. The fraction of sp³-hybridized carbons (Fsp3) is 0.476. The lowest BCUT2D eigenvalue weighted by atomic mass is 10.2. The maximum Gasteiger partial charge on any atom is 0.321 e. The van der Waals surface area contributed by atoms with E-state index in [0.29, 0.717) is 37.4 Å². The zero-order valence-electron chi connectivity index (χ0n) is 17.0. The van der Waals surface area contributed by atoms with Crippen LogP contribution in [-0.4, -0.2) is 60.2 Å². The van der Waals surface area contributed by atoms with E-state index in [1.165, 1.54) is 18.9 Å². The Morgan fingerprint density at radius 3 is 2.45 bits per heavy atom. The van der Waals surface area contributed by atoms with Gasteiger partial charge in [-0.25, -0.2) is 14.2 Å². The molecule has 0 atom stereocenters. The molecule has 0 aliphatic carbocycles. The molecule has 29 heavy (non-hydrogen) atoms. The van der Waals surface area contributed by atoms with E-state index >= 15 is 0 Å². The summed E-state index contributed by atoms with van der Waals surface area (Å²) in [7, 11) is 0. The van der Waals surface area contributed by atoms with Gasteiger partial charge < -0.3 is 20.0 Å². The number of carbonyl (C=O) groups excluding carboxylic acids is 1. The van der Waals surface area contributed by atoms with Crippen molar-refractivity contribution in [2.75, 3.05) is 54.4 Å². The maximum absolute atomic E-state index is 13.7. The molecular formula is C21H27FN6O. The number of hydrogen-bond donors (Lipinski definition) is 1. The lowest BCUT2D eigenvalue weighted by Crippen LogP contribution is -2.50. The SMILES string of the molecule is Cc1cc(N2CCCC2)nc(N2CCN(C(=O)Nc3cccc(F)c3C)CC2)n1. The van der Waals surface area contributed by atoms with Crippen molar-refractivity contribution in [3.05, 3.63) is 41.3 Å². The van der Waals surface area contributed by atoms with Gasteiger partial charge in [-0.3, -0.25) is 0 Å². The third-order valence-corrected chi connectivity index (χ3v) is 5.62. The number of benzene rings is 1. The molecule has 8 heteroatoms. The summed E-state index contributed by atoms with van der Waals surface area (Å²) in [6.07, 6.45) is 2.41. The highest BCUT2D eigenvalue weighted by Crippen LogP contribution is 2.23. The van der Waals surface area contributed by atoms with Gasteiger partial charge in [-0.1, -0.05) is 6.07 Å². The minimum absolute atomic E-state index is 0.207. The first-order chi connectivity index (χ1) is 14.0. The molecule has 2 saturated heterocycles. The van der Waals surface area contributed by atoms with Crippen molar-refractivity contribution in [2.45, 2.75) is 26.7 Å². The van der Waals surface area contributed by atoms with Crippen molar-refractivity contribution in [3.63, 3.8) is 0 Å². The fourth-order valence-electron chi connectivity index (χ4n) is 3.83. The molecule has 1 aromatic heterocycles. The Labute approximate surface area is 170 Å². The minimum Gasteiger partial charge on any atom is -0.356 e. The van der Waals surface area contributed by atoms with Crippen LogP contribution in [0.5, 0.6) is 0 Å². The number of anilines is 3. The quantitative estimate of drug-likeness (QED) is 0.860. The van der Waals surface area contributed by atoms with Gasteiger partial charge in [-0.05, 0) is 38.8 Å². The van der Waals surface area contributed by atoms with E-state index in [9.17, 15) is 9.18 Å². The highest BCUT2D eigenvalue weighted by atomic mass is 19.1. The molecule has 2 amide bonds. The van der Waals surface area contributed by atoms with Gasteiger partial charge >= 0.3 is 6.03 Å². The van der Waals surface area contributed by atoms with Crippen molar-refractivity contribution in [1.29, 1.82) is 0 Å². The maximum atomic E-state index is 13.7. The van der Waals surface area contributed by atoms with E-state index in [1.54, 1.807) is 24.0 Å². The second kappa shape index (κ2) is 8.23. The number of amides is 2. The summed E-state index contributed by atoms with van der Waals surface area (Å²) in [4.78, 5) is 28.2. The van der Waals surface area contributed by atoms with Crippen LogP contribution < -0.4 is 15.1 Å². The number of rotatable bonds is 3. The summed E-state index contributed by atoms with van der Waals surface area (Å²) in [5, 5.41) is 2.82. The Bertz CT molecular complexity index is 891. The monoisotopic (exact) mass is 398 g/mol. The molecule has 154 valence electrons. The van der Waals surface area contributed by atoms with Crippen molar-refractivity contribution < 1.29 is 9.18 Å². The number of carbonyl (C=O) groups is 1. The smallest absolute Gasteiger partial charge is 0.321 e. The summed E-state index contributed by atoms with van der Waals surface area (Å²) in [6.45, 7) is 8.21. The third-order valence-electron chi connectivity index (χ3n) is 5.62. The highest BCUT2D eigenvalue weighted by Gasteiger charge is 2.24. The molecule has 3 heterocycles. The Morgan fingerprint density at radius 1 is 1.00 bits per heavy atom. The Morgan fingerprint density at radius 2 is 1.72 bits per heavy atom. The normalized spacial score (nSPS) is 17.0. The summed E-state index contributed by atoms with van der Waals surface area (Å²) >= 11 is 0. The highest BCUT2D eigenvalue weighted by molar-refractivity contribution is 5.90. The number of nitrogens with zero attached hydrogens (tertiary/aromatic N) is 5. The van der Waals surface area contributed by atoms with Gasteiger partial charge in [-0.15, -0.1) is 0 Å². The summed E-state index contributed by atoms with van der Waals surface area (Å²) in [5.74, 6) is 1.40. The van der Waals surface area contributed by atoms with E-state index in [0.717, 1.165) is 30.5 Å². The van der Waals surface area contributed by atoms with E-state index in [4.69, 9.17) is 4.98 Å². The number of aromatic nitrogens is 2. The van der Waals surface area contributed by atoms with Gasteiger partial charge in [0.2, 0.25) is 5.95 Å². The van der Waals surface area contributed by atoms with Crippen LogP contribution >= 0.6 is 0 Å². The molecule has 2 fully saturated rings. The molecule has 0 radical (unpaired) electrons. The van der Waals surface area contributed by atoms with Crippen LogP contribution in [-0.2, 0) is 0 Å². The van der Waals surface area contributed by atoms with E-state index < -0.39 is 0 Å². The standard InChI is InChI=1S/C21H27FN6O/c1-15-14-19(26-8-3-4-9-26)25-20(23-15)27-10-12-28(13-11-27)21(29)24-18-7-5-6-17(22)16(18)2/h5-7,14H,3-4,8-13H2,1-2H3,(H,24,29). The number of piperazine rings is 1. The Hall–Kier alpha value is -2.90. The lowest BCUT2D eigenvalue weighted by Gasteiger charge is -2.35. The van der Waals surface area contributed by atoms with Crippen molar-refractivity contribution in [1.82, 2.24) is 14.9 Å². The van der Waals surface area contributed by atoms with Crippen LogP contribution in [0.25, 0.3) is 0 Å². The third kappa shape index (κ3) is 4.26. The molecule has 7 nitrogen and oxygen atoms in total. The van der Waals surface area contributed by atoms with Crippen LogP contribution in [0.1, 0.15) is 24.1 Å². The topological polar surface area (TPSA) is 64.6 Å². The molecule has 0 saturated carbocycles. The molecule has 0 spiro atoms. The summed E-state index contributed by atoms with van der Waals surface area (Å²) < 4.78 is 13.7. The predicted molar refractivity (Wildman–Crippen MR) is 112 cm³/mol. The van der Waals surface area contributed by atoms with Gasteiger partial charge in [0, 0.05) is 62.3 Å². The van der Waals surface area contributed by atoms with Gasteiger partial charge in [-0.2, -0.15) is 4.98 Å². The fourth-order valence-corrected chi connectivity index (χ4v) is 3.83. The molecule has 2 aromatic rings. The number of urea groups is 1. The molecule has 0 bridgehead atoms. The van der Waals surface area contributed by atoms with Crippen LogP contribution in [0.3, 0.4) is 0 Å². The van der Waals surface area contributed by atoms with E-state index in [-0.39, 0.29) is 11.8 Å². The summed E-state index contributed by atoms with van der Waals surface area (Å²) in [5.41, 5.74) is 1.91. The lowest BCUT2D eigenvalue weighted by molar-refractivity contribution is 0.208. The van der Waals surface area contributed by atoms with Gasteiger partial charge in [0.15, 0.2) is 0 Å². The molecule has 4 rings (SSSR count). The molecular weight excluding hydrogens is 371 g/mol. The second-order valence-corrected chi connectivity index (χ2v) is 7.68. The largest absolute Gasteiger partial charge is 0.356 e. The van der Waals surface area contributed by atoms with Crippen molar-refractivity contribution >= 4 is 23.5 Å². The van der Waals surface area contributed by atoms with E-state index in [2.05, 4.69) is 20.1 Å². The van der Waals surface area contributed by atoms with Gasteiger partial charge in [0.1, 0.15) is 11.6 Å². The van der Waals surface area contributed by atoms with E-state index in [1.807, 2.05) is 13.0 Å². The zero-order valence-corrected chi connectivity index (χ0v) is 17.0. The summed E-state index contributed by atoms with van der Waals surface area (Å²) in [6, 6.07) is 6.54. The first kappa shape index (κ1) is 19.4. The average Bonchev–Trinajstić information content (AvgIpc) is 3.26. The predicted octanol–water partition coefficient (Wildman–Crippen LogP) is 3.19. The average molecular weight is 398 g/mol. The first-order valence-electron chi connectivity index (χ1n) is 10.2. The van der Waals surface area contributed by atoms with Gasteiger partial charge in [0.25, 0.3) is 0 Å². The van der Waals surface area contributed by atoms with Crippen LogP contribution in [0, 0.1) is 19.7 Å². The van der Waals surface area contributed by atoms with Crippen LogP contribution in [0.2, 0.25) is 0 Å².